The van der Waals surface area contributed by atoms with E-state index >= 15 is 0 Å². The van der Waals surface area contributed by atoms with Crippen LogP contribution in [0.1, 0.15) is 0 Å². The van der Waals surface area contributed by atoms with Gasteiger partial charge in [-0.1, -0.05) is 0 Å². The Morgan fingerprint density at radius 3 is 1.83 bits per heavy atom. The van der Waals surface area contributed by atoms with Gasteiger partial charge in [0.25, 0.3) is 0 Å². The second-order valence-corrected chi connectivity index (χ2v) is 0.407. The zero-order chi connectivity index (χ0) is 4.28. The first-order chi connectivity index (χ1) is 2.27. The van der Waals surface area contributed by atoms with Crippen LogP contribution < -0.4 is 0 Å². The van der Waals surface area contributed by atoms with E-state index < -0.39 is 5.97 Å². The number of hydrogen-bond donors (Lipinski definition) is 1. The van der Waals surface area contributed by atoms with Gasteiger partial charge in [0.05, 0.1) is 0 Å². The normalized spacial score (nSPS) is 5.33. The molecule has 0 heterocycles. The maximum atomic E-state index is 8.94. The minimum Gasteiger partial charge on any atom is -0.531 e. The van der Waals surface area contributed by atoms with Crippen LogP contribution in [0.2, 0.25) is 0 Å². The maximum absolute atomic E-state index is 8.94. The predicted octanol–water partition coefficient (Wildman–Crippen LogP) is -0.822. The molecule has 0 aromatic heterocycles. The van der Waals surface area contributed by atoms with Crippen molar-refractivity contribution in [1.82, 2.24) is 0 Å². The molecule has 0 aromatic carbocycles. The van der Waals surface area contributed by atoms with Crippen molar-refractivity contribution in [3.8, 4) is 0 Å². The SMILES string of the molecule is O=[C-]C(=O)O.[Nb]. The second-order valence-electron chi connectivity index (χ2n) is 0.407. The van der Waals surface area contributed by atoms with Crippen molar-refractivity contribution < 1.29 is 37.1 Å². The van der Waals surface area contributed by atoms with E-state index in [0.29, 0.717) is 6.29 Å². The van der Waals surface area contributed by atoms with Crippen LogP contribution >= 0.6 is 0 Å². The van der Waals surface area contributed by atoms with Crippen molar-refractivity contribution in [2.24, 2.45) is 0 Å². The van der Waals surface area contributed by atoms with Gasteiger partial charge in [0.1, 0.15) is 0 Å². The molecule has 0 unspecified atom stereocenters. The first-order valence-electron chi connectivity index (χ1n) is 0.882. The van der Waals surface area contributed by atoms with Crippen LogP contribution in [0.3, 0.4) is 0 Å². The van der Waals surface area contributed by atoms with E-state index in [-0.39, 0.29) is 22.4 Å². The Balaban J connectivity index is 0. The summed E-state index contributed by atoms with van der Waals surface area (Å²) in [7, 11) is 0. The molecule has 0 saturated heterocycles. The van der Waals surface area contributed by atoms with Gasteiger partial charge in [-0.15, -0.1) is 0 Å². The summed E-state index contributed by atoms with van der Waals surface area (Å²) in [6.45, 7) is 0. The van der Waals surface area contributed by atoms with Gasteiger partial charge in [0, 0.05) is 22.4 Å². The summed E-state index contributed by atoms with van der Waals surface area (Å²) in [5, 5.41) is 7.30. The Morgan fingerprint density at radius 2 is 1.83 bits per heavy atom. The second kappa shape index (κ2) is 4.88. The van der Waals surface area contributed by atoms with Crippen molar-refractivity contribution in [2.45, 2.75) is 0 Å². The van der Waals surface area contributed by atoms with Gasteiger partial charge in [-0.3, -0.25) is 4.79 Å². The Kier molecular flexibility index (Phi) is 7.57. The van der Waals surface area contributed by atoms with Crippen molar-refractivity contribution >= 4 is 12.3 Å². The molecule has 0 atom stereocenters. The Morgan fingerprint density at radius 1 is 1.67 bits per heavy atom. The maximum Gasteiger partial charge on any atom is 0.180 e. The average molecular weight is 166 g/mol. The van der Waals surface area contributed by atoms with Crippen LogP contribution in [-0.4, -0.2) is 17.4 Å². The van der Waals surface area contributed by atoms with Gasteiger partial charge in [0.2, 0.25) is 0 Å². The molecule has 6 heavy (non-hydrogen) atoms. The number of carboxylic acids is 1. The number of rotatable bonds is 1. The third-order valence-electron chi connectivity index (χ3n) is 0.0873. The molecule has 0 fully saturated rings. The minimum absolute atomic E-state index is 0. The molecular weight excluding hydrogens is 165 g/mol. The summed E-state index contributed by atoms with van der Waals surface area (Å²) in [5.41, 5.74) is 0. The van der Waals surface area contributed by atoms with Crippen LogP contribution in [0.25, 0.3) is 0 Å². The van der Waals surface area contributed by atoms with Gasteiger partial charge < -0.3 is 9.90 Å². The van der Waals surface area contributed by atoms with Gasteiger partial charge in [-0.05, 0) is 0 Å². The summed E-state index contributed by atoms with van der Waals surface area (Å²) >= 11 is 0. The monoisotopic (exact) mass is 166 g/mol. The Bertz CT molecular complexity index is 59.8. The number of carbonyl (C=O) groups is 1. The predicted molar refractivity (Wildman–Crippen MR) is 13.3 cm³/mol. The van der Waals surface area contributed by atoms with E-state index in [1.54, 1.807) is 0 Å². The molecule has 4 heteroatoms. The molecule has 1 N–H and O–H groups in total. The smallest absolute Gasteiger partial charge is 0.180 e. The Labute approximate surface area is 49.9 Å². The fourth-order valence-electron chi connectivity index (χ4n) is 0. The largest absolute Gasteiger partial charge is 0.531 e. The summed E-state index contributed by atoms with van der Waals surface area (Å²) in [4.78, 5) is 17.7. The summed E-state index contributed by atoms with van der Waals surface area (Å²) < 4.78 is 0. The molecule has 0 aliphatic carbocycles. The van der Waals surface area contributed by atoms with E-state index in [1.807, 2.05) is 0 Å². The Hall–Kier alpha value is -0.120. The van der Waals surface area contributed by atoms with E-state index in [9.17, 15) is 0 Å². The van der Waals surface area contributed by atoms with E-state index in [1.165, 1.54) is 0 Å². The molecule has 0 bridgehead atoms. The summed E-state index contributed by atoms with van der Waals surface area (Å²) in [5.74, 6) is -1.55. The molecule has 0 amide bonds. The number of hydrogen-bond acceptors (Lipinski definition) is 2. The standard InChI is InChI=1S/C2HO3.Nb/c3-1-2(4)5;/h(H,4,5);/q-1;. The molecular formula is C2HNbO3-. The fraction of sp³-hybridized carbons (Fsp3) is 0. The third kappa shape index (κ3) is 9.11. The fourth-order valence-corrected chi connectivity index (χ4v) is 0. The first-order valence-corrected chi connectivity index (χ1v) is 0.882. The van der Waals surface area contributed by atoms with Crippen molar-refractivity contribution in [2.75, 3.05) is 0 Å². The van der Waals surface area contributed by atoms with Gasteiger partial charge in [-0.2, -0.15) is 6.29 Å². The number of carbonyl (C=O) groups excluding carboxylic acids is 1. The average Bonchev–Trinajstić information content (AvgIpc) is 1.38. The minimum atomic E-state index is -1.55. The van der Waals surface area contributed by atoms with E-state index in [0.717, 1.165) is 0 Å². The van der Waals surface area contributed by atoms with Crippen LogP contribution in [0.4, 0.5) is 0 Å². The molecule has 0 saturated carbocycles. The number of carboxylic acid groups (broad SMARTS) is 1. The first kappa shape index (κ1) is 9.30. The topological polar surface area (TPSA) is 54.4 Å². The zero-order valence-electron chi connectivity index (χ0n) is 2.71. The zero-order valence-corrected chi connectivity index (χ0v) is 4.91. The molecule has 33 valence electrons. The summed E-state index contributed by atoms with van der Waals surface area (Å²) in [6, 6.07) is 0. The van der Waals surface area contributed by atoms with E-state index in [2.05, 4.69) is 0 Å². The molecule has 0 aliphatic rings. The molecule has 0 rings (SSSR count). The van der Waals surface area contributed by atoms with Crippen LogP contribution in [0, 0.1) is 0 Å². The molecule has 0 aromatic rings. The molecule has 0 spiro atoms. The van der Waals surface area contributed by atoms with Gasteiger partial charge in [0.15, 0.2) is 5.97 Å². The quantitative estimate of drug-likeness (QED) is 0.314. The number of aliphatic carboxylic acids is 1. The van der Waals surface area contributed by atoms with Gasteiger partial charge >= 0.3 is 0 Å². The summed E-state index contributed by atoms with van der Waals surface area (Å²) in [6.07, 6.45) is 0.694. The van der Waals surface area contributed by atoms with Crippen LogP contribution in [0.5, 0.6) is 0 Å². The van der Waals surface area contributed by atoms with Crippen LogP contribution in [-0.2, 0) is 32.0 Å². The van der Waals surface area contributed by atoms with E-state index in [4.69, 9.17) is 14.7 Å². The molecule has 0 aliphatic heterocycles. The van der Waals surface area contributed by atoms with Gasteiger partial charge in [-0.25, -0.2) is 0 Å². The molecule has 3 nitrogen and oxygen atoms in total. The third-order valence-corrected chi connectivity index (χ3v) is 0.0873. The van der Waals surface area contributed by atoms with Crippen molar-refractivity contribution in [3.05, 3.63) is 0 Å². The van der Waals surface area contributed by atoms with Crippen molar-refractivity contribution in [1.29, 1.82) is 0 Å². The molecule has 1 radical (unpaired) electrons. The van der Waals surface area contributed by atoms with Crippen LogP contribution in [0.15, 0.2) is 0 Å². The van der Waals surface area contributed by atoms with Crippen molar-refractivity contribution in [3.63, 3.8) is 0 Å².